The Morgan fingerprint density at radius 1 is 0.403 bits per heavy atom. The molecule has 0 spiro atoms. The van der Waals surface area contributed by atoms with Gasteiger partial charge in [-0.25, -0.2) is 9.98 Å². The molecule has 1 aromatic heterocycles. The molecule has 0 saturated heterocycles. The zero-order valence-electron chi connectivity index (χ0n) is 33.8. The lowest BCUT2D eigenvalue weighted by Crippen LogP contribution is -2.33. The van der Waals surface area contributed by atoms with Crippen molar-refractivity contribution in [3.05, 3.63) is 247 Å². The predicted molar refractivity (Wildman–Crippen MR) is 262 cm³/mol. The minimum absolute atomic E-state index is 0.333. The van der Waals surface area contributed by atoms with Gasteiger partial charge in [0.25, 0.3) is 0 Å². The Morgan fingerprint density at radius 3 is 1.61 bits per heavy atom. The number of aliphatic imine (C=N–C) groups is 2. The van der Waals surface area contributed by atoms with Gasteiger partial charge in [0, 0.05) is 48.4 Å². The lowest BCUT2D eigenvalue weighted by Gasteiger charge is -2.27. The van der Waals surface area contributed by atoms with E-state index in [0.29, 0.717) is 5.84 Å². The minimum atomic E-state index is -0.333. The molecule has 5 heteroatoms. The third-order valence-electron chi connectivity index (χ3n) is 11.5. The summed E-state index contributed by atoms with van der Waals surface area (Å²) in [6.45, 7) is 0. The number of hydrogen-bond acceptors (Lipinski definition) is 5. The average Bonchev–Trinajstić information content (AvgIpc) is 3.74. The largest absolute Gasteiger partial charge is 0.344 e. The van der Waals surface area contributed by atoms with Crippen molar-refractivity contribution in [1.29, 1.82) is 0 Å². The summed E-state index contributed by atoms with van der Waals surface area (Å²) in [5, 5.41) is 6.15. The quantitative estimate of drug-likeness (QED) is 0.158. The third-order valence-corrected chi connectivity index (χ3v) is 12.6. The van der Waals surface area contributed by atoms with E-state index in [1.54, 1.807) is 0 Å². The topological polar surface area (TPSA) is 40.0 Å². The molecule has 1 aliphatic rings. The Bertz CT molecular complexity index is 3190. The summed E-state index contributed by atoms with van der Waals surface area (Å²) in [4.78, 5) is 12.9. The van der Waals surface area contributed by atoms with Crippen LogP contribution in [0, 0.1) is 0 Å². The molecule has 0 aliphatic carbocycles. The van der Waals surface area contributed by atoms with Crippen LogP contribution in [0.4, 0.5) is 17.1 Å². The fourth-order valence-electron chi connectivity index (χ4n) is 8.50. The molecule has 1 unspecified atom stereocenters. The number of nitrogens with zero attached hydrogens (tertiary/aromatic N) is 3. The van der Waals surface area contributed by atoms with Gasteiger partial charge in [-0.3, -0.25) is 0 Å². The van der Waals surface area contributed by atoms with Crippen LogP contribution in [-0.2, 0) is 0 Å². The molecule has 1 aliphatic heterocycles. The number of rotatable bonds is 9. The van der Waals surface area contributed by atoms with Gasteiger partial charge in [0.15, 0.2) is 5.84 Å². The number of hydrogen-bond donors (Lipinski definition) is 1. The zero-order valence-corrected chi connectivity index (χ0v) is 34.6. The number of anilines is 3. The molecular formula is C57H40N4S. The molecule has 11 rings (SSSR count). The highest BCUT2D eigenvalue weighted by molar-refractivity contribution is 7.26. The molecule has 10 aromatic rings. The first kappa shape index (κ1) is 37.2. The van der Waals surface area contributed by atoms with Gasteiger partial charge in [0.05, 0.1) is 0 Å². The van der Waals surface area contributed by atoms with E-state index in [4.69, 9.17) is 9.98 Å². The number of amidine groups is 2. The Kier molecular flexibility index (Phi) is 9.77. The molecular weight excluding hydrogens is 773 g/mol. The highest BCUT2D eigenvalue weighted by atomic mass is 32.1. The average molecular weight is 813 g/mol. The fourth-order valence-corrected chi connectivity index (χ4v) is 9.67. The van der Waals surface area contributed by atoms with Gasteiger partial charge in [-0.1, -0.05) is 176 Å². The molecule has 62 heavy (non-hydrogen) atoms. The second kappa shape index (κ2) is 16.3. The zero-order chi connectivity index (χ0) is 41.2. The van der Waals surface area contributed by atoms with Crippen molar-refractivity contribution in [2.45, 2.75) is 6.17 Å². The standard InChI is InChI=1S/C57H40N4S/c1-6-18-39(19-7-1)43-26-16-27-44(34-43)56-58-55(42-24-12-4-13-25-42)59-57(60-56)51-30-17-31-52-54(51)50-33-32-48(38-53(50)62-52)61(47-28-14-5-15-29-47)49-36-45(40-20-8-2-9-21-40)35-46(37-49)41-22-10-3-11-23-41/h1-38,56H,(H,58,59,60). The molecule has 2 heterocycles. The summed E-state index contributed by atoms with van der Waals surface area (Å²) >= 11 is 1.82. The van der Waals surface area contributed by atoms with E-state index in [0.717, 1.165) is 45.2 Å². The number of nitrogens with one attached hydrogen (secondary N) is 1. The van der Waals surface area contributed by atoms with E-state index < -0.39 is 0 Å². The van der Waals surface area contributed by atoms with Gasteiger partial charge >= 0.3 is 0 Å². The van der Waals surface area contributed by atoms with Crippen molar-refractivity contribution in [3.8, 4) is 33.4 Å². The first-order valence-electron chi connectivity index (χ1n) is 20.9. The van der Waals surface area contributed by atoms with Gasteiger partial charge in [0.2, 0.25) is 0 Å². The van der Waals surface area contributed by atoms with Crippen LogP contribution in [0.25, 0.3) is 53.6 Å². The lowest BCUT2D eigenvalue weighted by molar-refractivity contribution is 0.675. The Labute approximate surface area is 365 Å². The van der Waals surface area contributed by atoms with Crippen LogP contribution in [0.1, 0.15) is 22.9 Å². The number of thiophene rings is 1. The van der Waals surface area contributed by atoms with Crippen LogP contribution in [0.3, 0.4) is 0 Å². The van der Waals surface area contributed by atoms with Gasteiger partial charge in [-0.2, -0.15) is 0 Å². The van der Waals surface area contributed by atoms with Crippen LogP contribution in [0.15, 0.2) is 241 Å². The van der Waals surface area contributed by atoms with Crippen LogP contribution >= 0.6 is 11.3 Å². The monoisotopic (exact) mass is 812 g/mol. The smallest absolute Gasteiger partial charge is 0.159 e. The third kappa shape index (κ3) is 7.25. The molecule has 1 N–H and O–H groups in total. The summed E-state index contributed by atoms with van der Waals surface area (Å²) in [5.41, 5.74) is 13.4. The Balaban J connectivity index is 1.04. The van der Waals surface area contributed by atoms with Crippen molar-refractivity contribution in [1.82, 2.24) is 5.32 Å². The maximum absolute atomic E-state index is 5.26. The van der Waals surface area contributed by atoms with E-state index >= 15 is 0 Å². The summed E-state index contributed by atoms with van der Waals surface area (Å²) < 4.78 is 2.41. The molecule has 0 saturated carbocycles. The van der Waals surface area contributed by atoms with Crippen LogP contribution in [0.2, 0.25) is 0 Å². The van der Waals surface area contributed by atoms with E-state index in [1.165, 1.54) is 48.0 Å². The maximum atomic E-state index is 5.26. The fraction of sp³-hybridized carbons (Fsp3) is 0.0175. The minimum Gasteiger partial charge on any atom is -0.344 e. The first-order valence-corrected chi connectivity index (χ1v) is 21.7. The summed E-state index contributed by atoms with van der Waals surface area (Å²) in [5.74, 6) is 1.51. The first-order chi connectivity index (χ1) is 30.7. The molecule has 294 valence electrons. The molecule has 1 atom stereocenters. The molecule has 0 amide bonds. The molecule has 9 aromatic carbocycles. The maximum Gasteiger partial charge on any atom is 0.159 e. The van der Waals surface area contributed by atoms with Crippen molar-refractivity contribution in [2.75, 3.05) is 4.90 Å². The SMILES string of the molecule is c1ccc(C2=NC(c3cccc(-c4ccccc4)c3)NC(c3cccc4sc5cc(N(c6ccccc6)c6cc(-c7ccccc7)cc(-c7ccccc7)c6)ccc5c34)=N2)cc1. The van der Waals surface area contributed by atoms with Crippen LogP contribution in [-0.4, -0.2) is 11.7 Å². The summed E-state index contributed by atoms with van der Waals surface area (Å²) in [6.07, 6.45) is -0.333. The second-order valence-corrected chi connectivity index (χ2v) is 16.5. The molecule has 0 fully saturated rings. The predicted octanol–water partition coefficient (Wildman–Crippen LogP) is 15.0. The van der Waals surface area contributed by atoms with Gasteiger partial charge in [-0.15, -0.1) is 11.3 Å². The van der Waals surface area contributed by atoms with E-state index in [2.05, 4.69) is 223 Å². The summed E-state index contributed by atoms with van der Waals surface area (Å²) in [7, 11) is 0. The Hall–Kier alpha value is -7.86. The highest BCUT2D eigenvalue weighted by Gasteiger charge is 2.24. The highest BCUT2D eigenvalue weighted by Crippen LogP contribution is 2.44. The van der Waals surface area contributed by atoms with Crippen molar-refractivity contribution in [2.24, 2.45) is 9.98 Å². The molecule has 0 bridgehead atoms. The molecule has 0 radical (unpaired) electrons. The van der Waals surface area contributed by atoms with Crippen molar-refractivity contribution >= 4 is 60.2 Å². The van der Waals surface area contributed by atoms with Gasteiger partial charge in [-0.05, 0) is 93.5 Å². The number of fused-ring (bicyclic) bond motifs is 3. The number of benzene rings is 9. The Morgan fingerprint density at radius 2 is 0.968 bits per heavy atom. The van der Waals surface area contributed by atoms with Crippen molar-refractivity contribution < 1.29 is 0 Å². The van der Waals surface area contributed by atoms with Crippen molar-refractivity contribution in [3.63, 3.8) is 0 Å². The van der Waals surface area contributed by atoms with E-state index in [1.807, 2.05) is 29.5 Å². The van der Waals surface area contributed by atoms with Gasteiger partial charge < -0.3 is 10.2 Å². The van der Waals surface area contributed by atoms with E-state index in [-0.39, 0.29) is 6.17 Å². The van der Waals surface area contributed by atoms with Crippen LogP contribution in [0.5, 0.6) is 0 Å². The summed E-state index contributed by atoms with van der Waals surface area (Å²) in [6, 6.07) is 81.9. The normalized spacial score (nSPS) is 13.6. The molecule has 4 nitrogen and oxygen atoms in total. The van der Waals surface area contributed by atoms with Crippen LogP contribution < -0.4 is 10.2 Å². The lowest BCUT2D eigenvalue weighted by atomic mass is 9.97. The van der Waals surface area contributed by atoms with E-state index in [9.17, 15) is 0 Å². The second-order valence-electron chi connectivity index (χ2n) is 15.5. The van der Waals surface area contributed by atoms with Gasteiger partial charge in [0.1, 0.15) is 12.0 Å². The number of para-hydroxylation sites is 1.